The molecular weight excluding hydrogens is 372 g/mol. The lowest BCUT2D eigenvalue weighted by atomic mass is 9.79. The van der Waals surface area contributed by atoms with Crippen molar-refractivity contribution < 1.29 is 8.78 Å². The number of hydrogen-bond acceptors (Lipinski definition) is 5. The number of nitrogen functional groups attached to an aromatic ring is 1. The Morgan fingerprint density at radius 1 is 1.00 bits per heavy atom. The molecule has 29 heavy (non-hydrogen) atoms. The summed E-state index contributed by atoms with van der Waals surface area (Å²) in [6.45, 7) is 2.73. The molecule has 2 unspecified atom stereocenters. The largest absolute Gasteiger partial charge is 0.383 e. The molecule has 150 valence electrons. The second-order valence-electron chi connectivity index (χ2n) is 7.65. The van der Waals surface area contributed by atoms with Crippen molar-refractivity contribution in [3.8, 4) is 11.1 Å². The molecule has 3 aromatic rings. The van der Waals surface area contributed by atoms with E-state index in [4.69, 9.17) is 11.5 Å². The van der Waals surface area contributed by atoms with Crippen molar-refractivity contribution in [1.29, 1.82) is 0 Å². The molecule has 0 radical (unpaired) electrons. The van der Waals surface area contributed by atoms with Crippen molar-refractivity contribution >= 4 is 11.6 Å². The van der Waals surface area contributed by atoms with E-state index in [1.807, 2.05) is 0 Å². The highest BCUT2D eigenvalue weighted by Crippen LogP contribution is 2.43. The summed E-state index contributed by atoms with van der Waals surface area (Å²) in [5.74, 6) is 0.355. The number of nitrogens with two attached hydrogens (primary N) is 2. The van der Waals surface area contributed by atoms with Crippen molar-refractivity contribution in [3.63, 3.8) is 0 Å². The monoisotopic (exact) mass is 395 g/mol. The van der Waals surface area contributed by atoms with E-state index in [-0.39, 0.29) is 17.7 Å². The Hall–Kier alpha value is -3.06. The summed E-state index contributed by atoms with van der Waals surface area (Å²) in [5, 5.41) is 0. The van der Waals surface area contributed by atoms with Gasteiger partial charge in [0.15, 0.2) is 0 Å². The normalized spacial score (nSPS) is 21.9. The Balaban J connectivity index is 1.87. The molecule has 0 aliphatic carbocycles. The number of piperidine rings is 1. The van der Waals surface area contributed by atoms with Crippen LogP contribution in [0.3, 0.4) is 0 Å². The highest BCUT2D eigenvalue weighted by Gasteiger charge is 2.41. The molecular formula is C22H23F2N5. The third-order valence-electron chi connectivity index (χ3n) is 5.69. The summed E-state index contributed by atoms with van der Waals surface area (Å²) in [6.07, 6.45) is 2.88. The fraction of sp³-hybridized carbons (Fsp3) is 0.273. The summed E-state index contributed by atoms with van der Waals surface area (Å²) in [4.78, 5) is 10.9. The predicted molar refractivity (Wildman–Crippen MR) is 110 cm³/mol. The Morgan fingerprint density at radius 3 is 2.28 bits per heavy atom. The maximum Gasteiger partial charge on any atom is 0.142 e. The molecule has 4 N–H and O–H groups in total. The lowest BCUT2D eigenvalue weighted by Gasteiger charge is -2.48. The SMILES string of the molecule is CC1(c2ccc(F)cc2)CC(N)CCN1c1ncnc(N)c1-c1ccc(F)cc1. The minimum Gasteiger partial charge on any atom is -0.383 e. The number of hydrogen-bond donors (Lipinski definition) is 2. The summed E-state index contributed by atoms with van der Waals surface area (Å²) < 4.78 is 27.0. The molecule has 1 aliphatic rings. The zero-order valence-electron chi connectivity index (χ0n) is 16.1. The first-order valence-corrected chi connectivity index (χ1v) is 9.54. The number of anilines is 2. The van der Waals surface area contributed by atoms with Crippen LogP contribution in [0.2, 0.25) is 0 Å². The Labute approximate surface area is 168 Å². The van der Waals surface area contributed by atoms with E-state index in [1.54, 1.807) is 24.3 Å². The second kappa shape index (κ2) is 7.40. The van der Waals surface area contributed by atoms with Crippen LogP contribution >= 0.6 is 0 Å². The highest BCUT2D eigenvalue weighted by atomic mass is 19.1. The molecule has 1 saturated heterocycles. The fourth-order valence-corrected chi connectivity index (χ4v) is 4.17. The molecule has 1 fully saturated rings. The zero-order chi connectivity index (χ0) is 20.6. The summed E-state index contributed by atoms with van der Waals surface area (Å²) in [6, 6.07) is 12.6. The second-order valence-corrected chi connectivity index (χ2v) is 7.65. The first-order chi connectivity index (χ1) is 13.9. The molecule has 0 spiro atoms. The van der Waals surface area contributed by atoms with Crippen LogP contribution < -0.4 is 16.4 Å². The average Bonchev–Trinajstić information content (AvgIpc) is 2.69. The predicted octanol–water partition coefficient (Wildman–Crippen LogP) is 3.85. The Bertz CT molecular complexity index is 1010. The maximum absolute atomic E-state index is 13.5. The zero-order valence-corrected chi connectivity index (χ0v) is 16.1. The van der Waals surface area contributed by atoms with Gasteiger partial charge in [0.2, 0.25) is 0 Å². The van der Waals surface area contributed by atoms with Crippen LogP contribution in [0.4, 0.5) is 20.4 Å². The van der Waals surface area contributed by atoms with Gasteiger partial charge in [-0.15, -0.1) is 0 Å². The van der Waals surface area contributed by atoms with Gasteiger partial charge in [0.05, 0.1) is 11.1 Å². The van der Waals surface area contributed by atoms with E-state index >= 15 is 0 Å². The van der Waals surface area contributed by atoms with Crippen LogP contribution in [-0.4, -0.2) is 22.6 Å². The molecule has 2 heterocycles. The van der Waals surface area contributed by atoms with Crippen molar-refractivity contribution in [2.45, 2.75) is 31.3 Å². The number of rotatable bonds is 3. The maximum atomic E-state index is 13.5. The fourth-order valence-electron chi connectivity index (χ4n) is 4.17. The first kappa shape index (κ1) is 19.3. The molecule has 0 saturated carbocycles. The van der Waals surface area contributed by atoms with Crippen LogP contribution in [0.5, 0.6) is 0 Å². The summed E-state index contributed by atoms with van der Waals surface area (Å²) in [7, 11) is 0. The average molecular weight is 395 g/mol. The van der Waals surface area contributed by atoms with Gasteiger partial charge in [-0.05, 0) is 55.2 Å². The van der Waals surface area contributed by atoms with E-state index in [0.717, 1.165) is 17.5 Å². The molecule has 0 amide bonds. The molecule has 2 aromatic carbocycles. The van der Waals surface area contributed by atoms with Crippen LogP contribution in [0, 0.1) is 11.6 Å². The molecule has 2 atom stereocenters. The summed E-state index contributed by atoms with van der Waals surface area (Å²) >= 11 is 0. The Kier molecular flexibility index (Phi) is 4.92. The topological polar surface area (TPSA) is 81.1 Å². The van der Waals surface area contributed by atoms with Gasteiger partial charge in [-0.2, -0.15) is 0 Å². The van der Waals surface area contributed by atoms with E-state index in [9.17, 15) is 8.78 Å². The molecule has 0 bridgehead atoms. The first-order valence-electron chi connectivity index (χ1n) is 9.54. The van der Waals surface area contributed by atoms with Crippen LogP contribution in [0.25, 0.3) is 11.1 Å². The van der Waals surface area contributed by atoms with Gasteiger partial charge in [-0.25, -0.2) is 18.7 Å². The molecule has 5 nitrogen and oxygen atoms in total. The van der Waals surface area contributed by atoms with Gasteiger partial charge in [0.1, 0.15) is 29.6 Å². The number of benzene rings is 2. The number of nitrogens with zero attached hydrogens (tertiary/aromatic N) is 3. The quantitative estimate of drug-likeness (QED) is 0.704. The van der Waals surface area contributed by atoms with E-state index in [2.05, 4.69) is 21.8 Å². The molecule has 7 heteroatoms. The number of aromatic nitrogens is 2. The third-order valence-corrected chi connectivity index (χ3v) is 5.69. The van der Waals surface area contributed by atoms with Crippen LogP contribution in [0.15, 0.2) is 54.9 Å². The van der Waals surface area contributed by atoms with Gasteiger partial charge >= 0.3 is 0 Å². The minimum atomic E-state index is -0.513. The molecule has 1 aliphatic heterocycles. The van der Waals surface area contributed by atoms with Gasteiger partial charge in [-0.3, -0.25) is 0 Å². The van der Waals surface area contributed by atoms with Crippen molar-refractivity contribution in [2.24, 2.45) is 5.73 Å². The lowest BCUT2D eigenvalue weighted by Crippen LogP contribution is -2.54. The van der Waals surface area contributed by atoms with Gasteiger partial charge in [0, 0.05) is 12.6 Å². The van der Waals surface area contributed by atoms with E-state index in [0.29, 0.717) is 30.2 Å². The Morgan fingerprint density at radius 2 is 1.62 bits per heavy atom. The lowest BCUT2D eigenvalue weighted by molar-refractivity contribution is 0.307. The minimum absolute atomic E-state index is 0.00904. The smallest absolute Gasteiger partial charge is 0.142 e. The molecule has 4 rings (SSSR count). The van der Waals surface area contributed by atoms with Crippen molar-refractivity contribution in [3.05, 3.63) is 72.1 Å². The van der Waals surface area contributed by atoms with Gasteiger partial charge < -0.3 is 16.4 Å². The third kappa shape index (κ3) is 3.53. The molecule has 1 aromatic heterocycles. The van der Waals surface area contributed by atoms with Crippen LogP contribution in [-0.2, 0) is 5.54 Å². The van der Waals surface area contributed by atoms with Gasteiger partial charge in [-0.1, -0.05) is 24.3 Å². The van der Waals surface area contributed by atoms with Crippen molar-refractivity contribution in [1.82, 2.24) is 9.97 Å². The van der Waals surface area contributed by atoms with E-state index in [1.165, 1.54) is 30.6 Å². The number of halogens is 2. The van der Waals surface area contributed by atoms with E-state index < -0.39 is 5.54 Å². The standard InChI is InChI=1S/C22H23F2N5/c1-22(15-4-8-17(24)9-5-15)12-18(25)10-11-29(22)21-19(20(26)27-13-28-21)14-2-6-16(23)7-3-14/h2-9,13,18H,10-12,25H2,1H3,(H2,26,27,28). The van der Waals surface area contributed by atoms with Gasteiger partial charge in [0.25, 0.3) is 0 Å². The summed E-state index contributed by atoms with van der Waals surface area (Å²) in [5.41, 5.74) is 14.4. The van der Waals surface area contributed by atoms with Crippen LogP contribution in [0.1, 0.15) is 25.3 Å². The van der Waals surface area contributed by atoms with Crippen molar-refractivity contribution in [2.75, 3.05) is 17.2 Å². The highest BCUT2D eigenvalue weighted by molar-refractivity contribution is 5.84.